The van der Waals surface area contributed by atoms with Gasteiger partial charge in [0.05, 0.1) is 5.02 Å². The van der Waals surface area contributed by atoms with Crippen LogP contribution >= 0.6 is 62.5 Å². The van der Waals surface area contributed by atoms with E-state index in [0.29, 0.717) is 17.4 Å². The van der Waals surface area contributed by atoms with Crippen LogP contribution in [0.4, 0.5) is 0 Å². The molecule has 16 heavy (non-hydrogen) atoms. The van der Waals surface area contributed by atoms with Gasteiger partial charge in [0.2, 0.25) is 0 Å². The Kier molecular flexibility index (Phi) is 6.37. The molecule has 0 amide bonds. The molecule has 0 unspecified atom stereocenters. The SMILES string of the molecule is CSc1c(Cl)cc(OCC=C(Cl)Cl)cc1Br. The van der Waals surface area contributed by atoms with E-state index in [1.54, 1.807) is 23.9 Å². The maximum atomic E-state index is 6.08. The van der Waals surface area contributed by atoms with Crippen molar-refractivity contribution in [2.24, 2.45) is 0 Å². The van der Waals surface area contributed by atoms with Crippen LogP contribution in [-0.4, -0.2) is 12.9 Å². The van der Waals surface area contributed by atoms with Crippen LogP contribution in [0.5, 0.6) is 5.75 Å². The zero-order valence-corrected chi connectivity index (χ0v) is 12.9. The molecule has 1 rings (SSSR count). The van der Waals surface area contributed by atoms with Crippen LogP contribution in [0.15, 0.2) is 32.1 Å². The lowest BCUT2D eigenvalue weighted by Crippen LogP contribution is -1.94. The zero-order valence-electron chi connectivity index (χ0n) is 8.27. The van der Waals surface area contributed by atoms with E-state index >= 15 is 0 Å². The normalized spacial score (nSPS) is 10.1. The molecule has 0 atom stereocenters. The molecule has 0 N–H and O–H groups in total. The van der Waals surface area contributed by atoms with Crippen molar-refractivity contribution in [2.45, 2.75) is 4.90 Å². The molecule has 0 fully saturated rings. The summed E-state index contributed by atoms with van der Waals surface area (Å²) in [6, 6.07) is 3.61. The Hall–Kier alpha value is 0.460. The molecule has 1 aromatic carbocycles. The maximum absolute atomic E-state index is 6.08. The number of rotatable bonds is 4. The van der Waals surface area contributed by atoms with Crippen LogP contribution in [0.2, 0.25) is 5.02 Å². The van der Waals surface area contributed by atoms with E-state index < -0.39 is 0 Å². The Morgan fingerprint density at radius 1 is 1.50 bits per heavy atom. The first-order valence-corrected chi connectivity index (χ1v) is 7.36. The smallest absolute Gasteiger partial charge is 0.122 e. The largest absolute Gasteiger partial charge is 0.489 e. The van der Waals surface area contributed by atoms with Gasteiger partial charge >= 0.3 is 0 Å². The minimum atomic E-state index is 0.186. The monoisotopic (exact) mass is 360 g/mol. The highest BCUT2D eigenvalue weighted by molar-refractivity contribution is 9.10. The van der Waals surface area contributed by atoms with Crippen LogP contribution in [-0.2, 0) is 0 Å². The topological polar surface area (TPSA) is 9.23 Å². The molecule has 0 aliphatic heterocycles. The summed E-state index contributed by atoms with van der Waals surface area (Å²) in [7, 11) is 0. The van der Waals surface area contributed by atoms with E-state index in [0.717, 1.165) is 9.37 Å². The van der Waals surface area contributed by atoms with Crippen molar-refractivity contribution in [1.82, 2.24) is 0 Å². The molecular formula is C10H8BrCl3OS. The summed E-state index contributed by atoms with van der Waals surface area (Å²) >= 11 is 22.0. The minimum absolute atomic E-state index is 0.186. The van der Waals surface area contributed by atoms with Gasteiger partial charge in [-0.3, -0.25) is 0 Å². The predicted octanol–water partition coefficient (Wildman–Crippen LogP) is 5.52. The molecule has 0 radical (unpaired) electrons. The second-order valence-electron chi connectivity index (χ2n) is 2.72. The van der Waals surface area contributed by atoms with Gasteiger partial charge in [-0.1, -0.05) is 34.8 Å². The molecule has 88 valence electrons. The van der Waals surface area contributed by atoms with Gasteiger partial charge in [-0.05, 0) is 40.4 Å². The number of benzene rings is 1. The fourth-order valence-electron chi connectivity index (χ4n) is 1.02. The molecule has 0 aromatic heterocycles. The van der Waals surface area contributed by atoms with Crippen LogP contribution in [0.1, 0.15) is 0 Å². The van der Waals surface area contributed by atoms with Crippen molar-refractivity contribution in [3.63, 3.8) is 0 Å². The lowest BCUT2D eigenvalue weighted by atomic mass is 10.3. The summed E-state index contributed by atoms with van der Waals surface area (Å²) in [5.41, 5.74) is 0. The quantitative estimate of drug-likeness (QED) is 0.652. The molecule has 1 nitrogen and oxygen atoms in total. The number of thioether (sulfide) groups is 1. The third kappa shape index (κ3) is 4.38. The van der Waals surface area contributed by atoms with E-state index in [1.807, 2.05) is 12.3 Å². The van der Waals surface area contributed by atoms with Crippen molar-refractivity contribution in [3.05, 3.63) is 32.2 Å². The number of halogens is 4. The lowest BCUT2D eigenvalue weighted by Gasteiger charge is -2.08. The molecule has 0 saturated carbocycles. The van der Waals surface area contributed by atoms with E-state index in [4.69, 9.17) is 39.5 Å². The van der Waals surface area contributed by atoms with Gasteiger partial charge in [-0.25, -0.2) is 0 Å². The number of ether oxygens (including phenoxy) is 1. The summed E-state index contributed by atoms with van der Waals surface area (Å²) in [5, 5.41) is 0.651. The third-order valence-electron chi connectivity index (χ3n) is 1.66. The second kappa shape index (κ2) is 7.02. The fraction of sp³-hybridized carbons (Fsp3) is 0.200. The lowest BCUT2D eigenvalue weighted by molar-refractivity contribution is 0.362. The van der Waals surface area contributed by atoms with Crippen molar-refractivity contribution >= 4 is 62.5 Å². The van der Waals surface area contributed by atoms with Gasteiger partial charge in [0.25, 0.3) is 0 Å². The molecule has 0 aliphatic carbocycles. The van der Waals surface area contributed by atoms with Crippen LogP contribution in [0, 0.1) is 0 Å². The van der Waals surface area contributed by atoms with Gasteiger partial charge < -0.3 is 4.74 Å². The van der Waals surface area contributed by atoms with Crippen LogP contribution in [0.3, 0.4) is 0 Å². The molecule has 0 spiro atoms. The van der Waals surface area contributed by atoms with E-state index in [9.17, 15) is 0 Å². The van der Waals surface area contributed by atoms with E-state index in [1.165, 1.54) is 0 Å². The summed E-state index contributed by atoms with van der Waals surface area (Å²) in [4.78, 5) is 0.986. The highest BCUT2D eigenvalue weighted by Gasteiger charge is 2.07. The summed E-state index contributed by atoms with van der Waals surface area (Å²) < 4.78 is 6.50. The first-order valence-electron chi connectivity index (χ1n) is 4.21. The van der Waals surface area contributed by atoms with E-state index in [-0.39, 0.29) is 4.49 Å². The Morgan fingerprint density at radius 3 is 2.69 bits per heavy atom. The molecule has 0 aliphatic rings. The first-order chi connectivity index (χ1) is 7.54. The average Bonchev–Trinajstić information content (AvgIpc) is 2.16. The molecular weight excluding hydrogens is 354 g/mol. The van der Waals surface area contributed by atoms with Gasteiger partial charge in [-0.15, -0.1) is 11.8 Å². The molecule has 0 saturated heterocycles. The third-order valence-corrected chi connectivity index (χ3v) is 4.12. The van der Waals surface area contributed by atoms with Gasteiger partial charge in [0, 0.05) is 9.37 Å². The predicted molar refractivity (Wildman–Crippen MR) is 76.2 cm³/mol. The highest BCUT2D eigenvalue weighted by atomic mass is 79.9. The van der Waals surface area contributed by atoms with Gasteiger partial charge in [0.15, 0.2) is 0 Å². The van der Waals surface area contributed by atoms with Crippen molar-refractivity contribution in [2.75, 3.05) is 12.9 Å². The second-order valence-corrected chi connectivity index (χ2v) is 5.81. The van der Waals surface area contributed by atoms with Gasteiger partial charge in [-0.2, -0.15) is 0 Å². The molecule has 6 heteroatoms. The fourth-order valence-corrected chi connectivity index (χ4v) is 3.13. The standard InChI is InChI=1S/C10H8BrCl3OS/c1-16-10-7(11)4-6(5-8(10)12)15-3-2-9(13)14/h2,4-5H,3H2,1H3. The Balaban J connectivity index is 2.80. The van der Waals surface area contributed by atoms with Crippen molar-refractivity contribution in [3.8, 4) is 5.75 Å². The van der Waals surface area contributed by atoms with E-state index in [2.05, 4.69) is 15.9 Å². The Labute approximate surface area is 122 Å². The van der Waals surface area contributed by atoms with Crippen LogP contribution < -0.4 is 4.74 Å². The number of hydrogen-bond donors (Lipinski definition) is 0. The van der Waals surface area contributed by atoms with Crippen molar-refractivity contribution in [1.29, 1.82) is 0 Å². The average molecular weight is 363 g/mol. The zero-order chi connectivity index (χ0) is 12.1. The maximum Gasteiger partial charge on any atom is 0.122 e. The van der Waals surface area contributed by atoms with Gasteiger partial charge in [0.1, 0.15) is 16.8 Å². The summed E-state index contributed by atoms with van der Waals surface area (Å²) in [6.45, 7) is 0.309. The summed E-state index contributed by atoms with van der Waals surface area (Å²) in [6.07, 6.45) is 3.52. The molecule has 1 aromatic rings. The first kappa shape index (κ1) is 14.5. The van der Waals surface area contributed by atoms with Crippen LogP contribution in [0.25, 0.3) is 0 Å². The Bertz CT molecular complexity index is 382. The Morgan fingerprint density at radius 2 is 2.19 bits per heavy atom. The molecule has 0 bridgehead atoms. The number of hydrogen-bond acceptors (Lipinski definition) is 2. The molecule has 0 heterocycles. The minimum Gasteiger partial charge on any atom is -0.489 e. The summed E-state index contributed by atoms with van der Waals surface area (Å²) in [5.74, 6) is 0.667. The van der Waals surface area contributed by atoms with Crippen molar-refractivity contribution < 1.29 is 4.74 Å². The highest BCUT2D eigenvalue weighted by Crippen LogP contribution is 2.36.